The summed E-state index contributed by atoms with van der Waals surface area (Å²) in [7, 11) is 3.53. The van der Waals surface area contributed by atoms with Crippen LogP contribution in [0.3, 0.4) is 0 Å². The zero-order valence-electron chi connectivity index (χ0n) is 11.5. The van der Waals surface area contributed by atoms with E-state index in [1.807, 2.05) is 11.9 Å². The number of nitrogens with zero attached hydrogens (tertiary/aromatic N) is 1. The number of carbonyl (C=O) groups excluding carboxylic acids is 1. The molecule has 1 aromatic rings. The van der Waals surface area contributed by atoms with Crippen LogP contribution in [0.25, 0.3) is 0 Å². The molecule has 2 rings (SSSR count). The Kier molecular flexibility index (Phi) is 4.40. The van der Waals surface area contributed by atoms with Crippen molar-refractivity contribution < 1.29 is 13.9 Å². The van der Waals surface area contributed by atoms with Gasteiger partial charge in [0, 0.05) is 32.5 Å². The van der Waals surface area contributed by atoms with E-state index in [9.17, 15) is 9.18 Å². The summed E-state index contributed by atoms with van der Waals surface area (Å²) in [4.78, 5) is 13.2. The van der Waals surface area contributed by atoms with E-state index >= 15 is 0 Å². The van der Waals surface area contributed by atoms with Crippen molar-refractivity contribution in [3.63, 3.8) is 0 Å². The molecule has 0 radical (unpaired) electrons. The Balaban J connectivity index is 2.04. The first-order valence-corrected chi connectivity index (χ1v) is 6.66. The highest BCUT2D eigenvalue weighted by atomic mass is 19.1. The summed E-state index contributed by atoms with van der Waals surface area (Å²) < 4.78 is 18.6. The zero-order valence-corrected chi connectivity index (χ0v) is 11.5. The van der Waals surface area contributed by atoms with E-state index in [0.717, 1.165) is 25.1 Å². The Labute approximate surface area is 113 Å². The highest BCUT2D eigenvalue weighted by Crippen LogP contribution is 2.30. The van der Waals surface area contributed by atoms with Crippen LogP contribution in [-0.4, -0.2) is 26.5 Å². The number of ketones is 1. The molecule has 1 fully saturated rings. The van der Waals surface area contributed by atoms with Crippen molar-refractivity contribution in [3.8, 4) is 5.75 Å². The molecule has 0 bridgehead atoms. The Bertz CT molecular complexity index is 451. The lowest BCUT2D eigenvalue weighted by atomic mass is 9.88. The predicted octanol–water partition coefficient (Wildman–Crippen LogP) is 3.03. The maximum Gasteiger partial charge on any atom is 0.142 e. The third-order valence-electron chi connectivity index (χ3n) is 3.75. The smallest absolute Gasteiger partial charge is 0.142 e. The largest absolute Gasteiger partial charge is 0.495 e. The molecule has 3 nitrogen and oxygen atoms in total. The molecule has 1 aliphatic carbocycles. The van der Waals surface area contributed by atoms with Crippen LogP contribution in [0, 0.1) is 11.7 Å². The van der Waals surface area contributed by atoms with Gasteiger partial charge in [0.05, 0.1) is 12.8 Å². The molecule has 0 amide bonds. The number of rotatable bonds is 4. The van der Waals surface area contributed by atoms with E-state index in [1.54, 1.807) is 13.2 Å². The standard InChI is InChI=1S/C15H20FNO2/c1-17(10-11-3-6-13(18)7-4-11)14-9-12(16)5-8-15(14)19-2/h5,8-9,11H,3-4,6-7,10H2,1-2H3. The molecule has 0 aromatic heterocycles. The summed E-state index contributed by atoms with van der Waals surface area (Å²) in [5.41, 5.74) is 0.763. The van der Waals surface area contributed by atoms with Crippen LogP contribution >= 0.6 is 0 Å². The van der Waals surface area contributed by atoms with Gasteiger partial charge in [-0.2, -0.15) is 0 Å². The van der Waals surface area contributed by atoms with Gasteiger partial charge >= 0.3 is 0 Å². The lowest BCUT2D eigenvalue weighted by Gasteiger charge is -2.28. The predicted molar refractivity (Wildman–Crippen MR) is 73.2 cm³/mol. The molecule has 0 N–H and O–H groups in total. The van der Waals surface area contributed by atoms with E-state index in [0.29, 0.717) is 30.3 Å². The van der Waals surface area contributed by atoms with E-state index in [-0.39, 0.29) is 5.82 Å². The van der Waals surface area contributed by atoms with E-state index < -0.39 is 0 Å². The van der Waals surface area contributed by atoms with Crippen molar-refractivity contribution in [2.24, 2.45) is 5.92 Å². The first-order chi connectivity index (χ1) is 9.10. The number of hydrogen-bond acceptors (Lipinski definition) is 3. The van der Waals surface area contributed by atoms with Gasteiger partial charge in [-0.3, -0.25) is 4.79 Å². The molecule has 0 unspecified atom stereocenters. The number of methoxy groups -OCH3 is 1. The minimum absolute atomic E-state index is 0.263. The highest BCUT2D eigenvalue weighted by molar-refractivity contribution is 5.79. The van der Waals surface area contributed by atoms with Gasteiger partial charge in [-0.25, -0.2) is 4.39 Å². The lowest BCUT2D eigenvalue weighted by molar-refractivity contribution is -0.120. The molecule has 1 aromatic carbocycles. The Morgan fingerprint density at radius 3 is 2.68 bits per heavy atom. The second-order valence-corrected chi connectivity index (χ2v) is 5.18. The molecule has 0 atom stereocenters. The fraction of sp³-hybridized carbons (Fsp3) is 0.533. The number of benzene rings is 1. The molecule has 104 valence electrons. The Hall–Kier alpha value is -1.58. The molecule has 0 spiro atoms. The van der Waals surface area contributed by atoms with Gasteiger partial charge in [-0.15, -0.1) is 0 Å². The maximum atomic E-state index is 13.3. The molecular formula is C15H20FNO2. The number of carbonyl (C=O) groups is 1. The number of halogens is 1. The summed E-state index contributed by atoms with van der Waals surface area (Å²) in [5.74, 6) is 1.27. The molecule has 0 aliphatic heterocycles. The normalized spacial score (nSPS) is 16.5. The molecule has 0 heterocycles. The van der Waals surface area contributed by atoms with Gasteiger partial charge in [0.1, 0.15) is 17.3 Å². The summed E-state index contributed by atoms with van der Waals surface area (Å²) in [6.07, 6.45) is 3.22. The average molecular weight is 265 g/mol. The number of hydrogen-bond donors (Lipinski definition) is 0. The maximum absolute atomic E-state index is 13.3. The van der Waals surface area contributed by atoms with Gasteiger partial charge in [0.25, 0.3) is 0 Å². The quantitative estimate of drug-likeness (QED) is 0.838. The van der Waals surface area contributed by atoms with Crippen molar-refractivity contribution in [3.05, 3.63) is 24.0 Å². The summed E-state index contributed by atoms with van der Waals surface area (Å²) in [5, 5.41) is 0. The van der Waals surface area contributed by atoms with Crippen LogP contribution in [0.1, 0.15) is 25.7 Å². The molecule has 19 heavy (non-hydrogen) atoms. The van der Waals surface area contributed by atoms with Gasteiger partial charge < -0.3 is 9.64 Å². The number of ether oxygens (including phenoxy) is 1. The van der Waals surface area contributed by atoms with Crippen LogP contribution in [0.5, 0.6) is 5.75 Å². The SMILES string of the molecule is COc1ccc(F)cc1N(C)CC1CCC(=O)CC1. The fourth-order valence-corrected chi connectivity index (χ4v) is 2.63. The highest BCUT2D eigenvalue weighted by Gasteiger charge is 2.21. The average Bonchev–Trinajstić information content (AvgIpc) is 2.41. The van der Waals surface area contributed by atoms with Crippen LogP contribution in [-0.2, 0) is 4.79 Å². The minimum Gasteiger partial charge on any atom is -0.495 e. The second-order valence-electron chi connectivity index (χ2n) is 5.18. The third kappa shape index (κ3) is 3.46. The van der Waals surface area contributed by atoms with Gasteiger partial charge in [0.2, 0.25) is 0 Å². The van der Waals surface area contributed by atoms with Crippen molar-refractivity contribution >= 4 is 11.5 Å². The van der Waals surface area contributed by atoms with Crippen molar-refractivity contribution in [1.82, 2.24) is 0 Å². The van der Waals surface area contributed by atoms with Crippen LogP contribution in [0.2, 0.25) is 0 Å². The van der Waals surface area contributed by atoms with Crippen molar-refractivity contribution in [2.75, 3.05) is 25.6 Å². The Morgan fingerprint density at radius 2 is 2.05 bits per heavy atom. The fourth-order valence-electron chi connectivity index (χ4n) is 2.63. The number of anilines is 1. The summed E-state index contributed by atoms with van der Waals surface area (Å²) in [6, 6.07) is 4.54. The summed E-state index contributed by atoms with van der Waals surface area (Å²) in [6.45, 7) is 0.826. The van der Waals surface area contributed by atoms with Crippen LogP contribution < -0.4 is 9.64 Å². The first-order valence-electron chi connectivity index (χ1n) is 6.66. The lowest BCUT2D eigenvalue weighted by Crippen LogP contribution is -2.28. The first kappa shape index (κ1) is 13.8. The van der Waals surface area contributed by atoms with E-state index in [4.69, 9.17) is 4.74 Å². The van der Waals surface area contributed by atoms with Crippen molar-refractivity contribution in [2.45, 2.75) is 25.7 Å². The van der Waals surface area contributed by atoms with Crippen LogP contribution in [0.15, 0.2) is 18.2 Å². The molecule has 1 aliphatic rings. The molecular weight excluding hydrogens is 245 g/mol. The third-order valence-corrected chi connectivity index (χ3v) is 3.75. The molecule has 4 heteroatoms. The molecule has 1 saturated carbocycles. The monoisotopic (exact) mass is 265 g/mol. The van der Waals surface area contributed by atoms with Crippen molar-refractivity contribution in [1.29, 1.82) is 0 Å². The van der Waals surface area contributed by atoms with Gasteiger partial charge in [0.15, 0.2) is 0 Å². The van der Waals surface area contributed by atoms with Crippen LogP contribution in [0.4, 0.5) is 10.1 Å². The summed E-state index contributed by atoms with van der Waals surface area (Å²) >= 11 is 0. The van der Waals surface area contributed by atoms with Gasteiger partial charge in [-0.05, 0) is 30.9 Å². The second kappa shape index (κ2) is 6.04. The van der Waals surface area contributed by atoms with E-state index in [1.165, 1.54) is 12.1 Å². The molecule has 0 saturated heterocycles. The van der Waals surface area contributed by atoms with Gasteiger partial charge in [-0.1, -0.05) is 0 Å². The topological polar surface area (TPSA) is 29.5 Å². The zero-order chi connectivity index (χ0) is 13.8. The Morgan fingerprint density at radius 1 is 1.37 bits per heavy atom. The minimum atomic E-state index is -0.263. The van der Waals surface area contributed by atoms with E-state index in [2.05, 4.69) is 0 Å². The number of Topliss-reactive ketones (excluding diaryl/α,β-unsaturated/α-hetero) is 1.